The van der Waals surface area contributed by atoms with E-state index >= 15 is 0 Å². The molecule has 224 valence electrons. The number of carboxylic acids is 1. The second-order valence-corrected chi connectivity index (χ2v) is 9.75. The molecule has 15 nitrogen and oxygen atoms in total. The fourth-order valence-corrected chi connectivity index (χ4v) is 4.27. The van der Waals surface area contributed by atoms with Crippen LogP contribution in [0.1, 0.15) is 59.3 Å². The minimum atomic E-state index is -1.15. The van der Waals surface area contributed by atoms with E-state index in [1.807, 2.05) is 6.92 Å². The zero-order valence-electron chi connectivity index (χ0n) is 23.2. The topological polar surface area (TPSA) is 217 Å². The summed E-state index contributed by atoms with van der Waals surface area (Å²) in [6, 6.07) is 1.45. The molecule has 1 heterocycles. The number of rotatable bonds is 14. The van der Waals surface area contributed by atoms with Gasteiger partial charge < -0.3 is 31.3 Å². The fourth-order valence-electron chi connectivity index (χ4n) is 4.27. The number of nitro groups is 1. The van der Waals surface area contributed by atoms with E-state index < -0.39 is 64.6 Å². The molecule has 5 amide bonds. The average Bonchev–Trinajstić information content (AvgIpc) is 3.41. The molecule has 0 aliphatic carbocycles. The van der Waals surface area contributed by atoms with Crippen LogP contribution in [0.15, 0.2) is 24.3 Å². The van der Waals surface area contributed by atoms with Crippen molar-refractivity contribution >= 4 is 46.9 Å². The van der Waals surface area contributed by atoms with E-state index in [9.17, 15) is 38.9 Å². The van der Waals surface area contributed by atoms with Crippen molar-refractivity contribution in [3.8, 4) is 0 Å². The maximum absolute atomic E-state index is 13.2. The monoisotopic (exact) mass is 576 g/mol. The summed E-state index contributed by atoms with van der Waals surface area (Å²) in [7, 11) is 0. The van der Waals surface area contributed by atoms with Crippen LogP contribution in [0.4, 0.5) is 11.4 Å². The lowest BCUT2D eigenvalue weighted by molar-refractivity contribution is -0.384. The van der Waals surface area contributed by atoms with Gasteiger partial charge in [0.25, 0.3) is 5.69 Å². The largest absolute Gasteiger partial charge is 0.481 e. The van der Waals surface area contributed by atoms with E-state index in [1.165, 1.54) is 43.0 Å². The van der Waals surface area contributed by atoms with Gasteiger partial charge in [0.05, 0.1) is 11.3 Å². The van der Waals surface area contributed by atoms with Gasteiger partial charge >= 0.3 is 5.97 Å². The Kier molecular flexibility index (Phi) is 12.2. The lowest BCUT2D eigenvalue weighted by Gasteiger charge is -2.29. The van der Waals surface area contributed by atoms with Crippen molar-refractivity contribution in [1.29, 1.82) is 0 Å². The molecule has 0 aromatic heterocycles. The zero-order chi connectivity index (χ0) is 30.7. The Balaban J connectivity index is 1.97. The highest BCUT2D eigenvalue weighted by Crippen LogP contribution is 2.20. The smallest absolute Gasteiger partial charge is 0.303 e. The lowest BCUT2D eigenvalue weighted by Crippen LogP contribution is -2.56. The highest BCUT2D eigenvalue weighted by Gasteiger charge is 2.38. The van der Waals surface area contributed by atoms with E-state index in [2.05, 4.69) is 21.3 Å². The van der Waals surface area contributed by atoms with Gasteiger partial charge in [0.1, 0.15) is 24.2 Å². The molecule has 41 heavy (non-hydrogen) atoms. The SMILES string of the molecule is CCC[C@H](NC(=O)[C@@H]1CCCN1C(=O)[C@@H](C)NC(=O)[C@@H](C)NC(=O)CCC(=O)O)C(=O)Nc1ccc([N+](=O)[O-])cc1. The number of carboxylic acid groups (broad SMARTS) is 1. The van der Waals surface area contributed by atoms with Gasteiger partial charge in [-0.25, -0.2) is 0 Å². The van der Waals surface area contributed by atoms with Crippen LogP contribution in [0.3, 0.4) is 0 Å². The Morgan fingerprint density at radius 3 is 2.24 bits per heavy atom. The van der Waals surface area contributed by atoms with Gasteiger partial charge in [0.2, 0.25) is 29.5 Å². The number of benzene rings is 1. The van der Waals surface area contributed by atoms with Crippen molar-refractivity contribution in [2.45, 2.75) is 83.5 Å². The number of hydrogen-bond donors (Lipinski definition) is 5. The molecular formula is C26H36N6O9. The van der Waals surface area contributed by atoms with Gasteiger partial charge in [-0.15, -0.1) is 0 Å². The molecule has 1 fully saturated rings. The molecular weight excluding hydrogens is 540 g/mol. The van der Waals surface area contributed by atoms with Crippen LogP contribution in [-0.4, -0.2) is 81.1 Å². The standard InChI is InChI=1S/C26H36N6O9/c1-4-6-19(24(37)29-17-8-10-18(11-9-17)32(40)41)30-25(38)20-7-5-14-31(20)26(39)16(3)28-23(36)15(2)27-21(33)12-13-22(34)35/h8-11,15-16,19-20H,4-7,12-14H2,1-3H3,(H,27,33)(H,28,36)(H,29,37)(H,30,38)(H,34,35)/t15-,16-,19+,20+/m1/s1. The van der Waals surface area contributed by atoms with Crippen molar-refractivity contribution in [2.75, 3.05) is 11.9 Å². The number of nitro benzene ring substituents is 1. The van der Waals surface area contributed by atoms with Crippen LogP contribution >= 0.6 is 0 Å². The predicted molar refractivity (Wildman–Crippen MR) is 145 cm³/mol. The van der Waals surface area contributed by atoms with E-state index in [-0.39, 0.29) is 25.1 Å². The summed E-state index contributed by atoms with van der Waals surface area (Å²) in [5.41, 5.74) is 0.193. The molecule has 0 bridgehead atoms. The molecule has 1 aliphatic heterocycles. The van der Waals surface area contributed by atoms with Crippen LogP contribution in [0.25, 0.3) is 0 Å². The molecule has 0 unspecified atom stereocenters. The first kappa shape index (κ1) is 32.7. The number of non-ortho nitro benzene ring substituents is 1. The van der Waals surface area contributed by atoms with Crippen LogP contribution < -0.4 is 21.3 Å². The summed E-state index contributed by atoms with van der Waals surface area (Å²) in [5.74, 6) is -3.96. The summed E-state index contributed by atoms with van der Waals surface area (Å²) in [6.07, 6.45) is 1.10. The van der Waals surface area contributed by atoms with Crippen molar-refractivity contribution in [1.82, 2.24) is 20.9 Å². The number of carbonyl (C=O) groups is 6. The minimum absolute atomic E-state index is 0.132. The Morgan fingerprint density at radius 2 is 1.66 bits per heavy atom. The summed E-state index contributed by atoms with van der Waals surface area (Å²) < 4.78 is 0. The maximum atomic E-state index is 13.2. The van der Waals surface area contributed by atoms with Gasteiger partial charge in [0.15, 0.2) is 0 Å². The Morgan fingerprint density at radius 1 is 1.00 bits per heavy atom. The lowest BCUT2D eigenvalue weighted by atomic mass is 10.1. The van der Waals surface area contributed by atoms with Crippen LogP contribution in [-0.2, 0) is 28.8 Å². The highest BCUT2D eigenvalue weighted by molar-refractivity contribution is 5.99. The number of amides is 5. The van der Waals surface area contributed by atoms with Crippen LogP contribution in [0, 0.1) is 10.1 Å². The maximum Gasteiger partial charge on any atom is 0.303 e. The first-order valence-corrected chi connectivity index (χ1v) is 13.3. The number of nitrogens with zero attached hydrogens (tertiary/aromatic N) is 2. The summed E-state index contributed by atoms with van der Waals surface area (Å²) in [4.78, 5) is 85.7. The first-order chi connectivity index (χ1) is 19.3. The summed E-state index contributed by atoms with van der Waals surface area (Å²) >= 11 is 0. The molecule has 1 aromatic rings. The second-order valence-electron chi connectivity index (χ2n) is 9.75. The van der Waals surface area contributed by atoms with Crippen LogP contribution in [0.2, 0.25) is 0 Å². The van der Waals surface area contributed by atoms with E-state index in [0.717, 1.165) is 0 Å². The molecule has 0 radical (unpaired) electrons. The molecule has 1 aromatic carbocycles. The Bertz CT molecular complexity index is 1160. The Hall–Kier alpha value is -4.56. The van der Waals surface area contributed by atoms with E-state index in [4.69, 9.17) is 5.11 Å². The third kappa shape index (κ3) is 9.85. The second kappa shape index (κ2) is 15.3. The number of nitrogens with one attached hydrogen (secondary N) is 4. The van der Waals surface area contributed by atoms with Crippen LogP contribution in [0.5, 0.6) is 0 Å². The van der Waals surface area contributed by atoms with Crippen molar-refractivity contribution < 1.29 is 38.8 Å². The number of carbonyl (C=O) groups excluding carboxylic acids is 5. The highest BCUT2D eigenvalue weighted by atomic mass is 16.6. The van der Waals surface area contributed by atoms with Gasteiger partial charge in [-0.05, 0) is 45.2 Å². The minimum Gasteiger partial charge on any atom is -0.481 e. The predicted octanol–water partition coefficient (Wildman–Crippen LogP) is 0.683. The van der Waals surface area contributed by atoms with Crippen molar-refractivity contribution in [3.63, 3.8) is 0 Å². The molecule has 0 saturated carbocycles. The van der Waals surface area contributed by atoms with Gasteiger partial charge in [-0.2, -0.15) is 0 Å². The molecule has 2 rings (SSSR count). The number of anilines is 1. The summed E-state index contributed by atoms with van der Waals surface area (Å²) in [5, 5.41) is 29.7. The molecule has 5 N–H and O–H groups in total. The molecule has 0 spiro atoms. The van der Waals surface area contributed by atoms with Gasteiger partial charge in [0, 0.05) is 30.8 Å². The normalized spacial score (nSPS) is 16.6. The van der Waals surface area contributed by atoms with Crippen molar-refractivity contribution in [3.05, 3.63) is 34.4 Å². The molecule has 1 saturated heterocycles. The average molecular weight is 577 g/mol. The number of hydrogen-bond acceptors (Lipinski definition) is 8. The quantitative estimate of drug-likeness (QED) is 0.155. The van der Waals surface area contributed by atoms with Gasteiger partial charge in [-0.1, -0.05) is 13.3 Å². The van der Waals surface area contributed by atoms with E-state index in [1.54, 1.807) is 0 Å². The molecule has 1 aliphatic rings. The first-order valence-electron chi connectivity index (χ1n) is 13.3. The van der Waals surface area contributed by atoms with Gasteiger partial charge in [-0.3, -0.25) is 38.9 Å². The third-order valence-corrected chi connectivity index (χ3v) is 6.46. The summed E-state index contributed by atoms with van der Waals surface area (Å²) in [6.45, 7) is 4.95. The zero-order valence-corrected chi connectivity index (χ0v) is 23.2. The fraction of sp³-hybridized carbons (Fsp3) is 0.538. The third-order valence-electron chi connectivity index (χ3n) is 6.46. The van der Waals surface area contributed by atoms with Crippen molar-refractivity contribution in [2.24, 2.45) is 0 Å². The van der Waals surface area contributed by atoms with E-state index in [0.29, 0.717) is 31.4 Å². The number of aliphatic carboxylic acids is 1. The molecule has 15 heteroatoms. The number of likely N-dealkylation sites (tertiary alicyclic amines) is 1. The molecule has 4 atom stereocenters. The Labute approximate surface area is 236 Å².